The van der Waals surface area contributed by atoms with Crippen molar-refractivity contribution in [2.75, 3.05) is 0 Å². The summed E-state index contributed by atoms with van der Waals surface area (Å²) >= 11 is 1.98. The van der Waals surface area contributed by atoms with Gasteiger partial charge in [0, 0.05) is 6.20 Å². The molecule has 74 valence electrons. The van der Waals surface area contributed by atoms with Crippen molar-refractivity contribution in [3.63, 3.8) is 0 Å². The van der Waals surface area contributed by atoms with Crippen molar-refractivity contribution in [2.24, 2.45) is 5.73 Å². The Labute approximate surface area is 95.0 Å². The van der Waals surface area contributed by atoms with Gasteiger partial charge in [-0.15, -0.1) is 0 Å². The third-order valence-corrected chi connectivity index (χ3v) is 2.75. The summed E-state index contributed by atoms with van der Waals surface area (Å²) in [4.78, 5) is 15.1. The zero-order chi connectivity index (χ0) is 10.1. The fraction of sp³-hybridized carbons (Fsp3) is 0.333. The first-order valence-corrected chi connectivity index (χ1v) is 5.37. The number of ether oxygens (including phenoxy) is 1. The van der Waals surface area contributed by atoms with Crippen LogP contribution in [0.25, 0.3) is 0 Å². The predicted molar refractivity (Wildman–Crippen MR) is 59.1 cm³/mol. The van der Waals surface area contributed by atoms with Gasteiger partial charge in [-0.2, -0.15) is 0 Å². The van der Waals surface area contributed by atoms with Crippen molar-refractivity contribution in [3.05, 3.63) is 21.5 Å². The van der Waals surface area contributed by atoms with Gasteiger partial charge in [-0.05, 0) is 41.5 Å². The van der Waals surface area contributed by atoms with Crippen LogP contribution in [0.15, 0.2) is 12.3 Å². The highest BCUT2D eigenvalue weighted by Gasteiger charge is 2.26. The van der Waals surface area contributed by atoms with E-state index < -0.39 is 5.91 Å². The van der Waals surface area contributed by atoms with Gasteiger partial charge in [0.05, 0.1) is 6.10 Å². The minimum Gasteiger partial charge on any atom is -0.489 e. The van der Waals surface area contributed by atoms with Crippen LogP contribution >= 0.6 is 22.6 Å². The highest BCUT2D eigenvalue weighted by Crippen LogP contribution is 2.30. The van der Waals surface area contributed by atoms with Crippen molar-refractivity contribution < 1.29 is 9.53 Å². The third kappa shape index (κ3) is 1.97. The number of amides is 1. The molecule has 2 N–H and O–H groups in total. The van der Waals surface area contributed by atoms with E-state index in [0.29, 0.717) is 15.0 Å². The molecule has 1 amide bonds. The lowest BCUT2D eigenvalue weighted by Crippen LogP contribution is -2.16. The van der Waals surface area contributed by atoms with Crippen LogP contribution in [0.3, 0.4) is 0 Å². The Morgan fingerprint density at radius 2 is 2.36 bits per heavy atom. The molecule has 0 radical (unpaired) electrons. The van der Waals surface area contributed by atoms with Crippen LogP contribution in [0.2, 0.25) is 0 Å². The molecule has 0 unspecified atom stereocenters. The minimum atomic E-state index is -0.488. The Balaban J connectivity index is 2.35. The lowest BCUT2D eigenvalue weighted by molar-refractivity contribution is 0.0994. The Hall–Kier alpha value is -0.850. The average Bonchev–Trinajstić information content (AvgIpc) is 2.87. The number of aromatic nitrogens is 1. The SMILES string of the molecule is NC(=O)c1c(OC2CC2)ccnc1I. The molecule has 14 heavy (non-hydrogen) atoms. The molecule has 0 saturated heterocycles. The molecule has 0 aliphatic heterocycles. The fourth-order valence-corrected chi connectivity index (χ4v) is 1.80. The number of carbonyl (C=O) groups is 1. The topological polar surface area (TPSA) is 65.2 Å². The first-order chi connectivity index (χ1) is 6.68. The number of rotatable bonds is 3. The number of nitrogens with zero attached hydrogens (tertiary/aromatic N) is 1. The largest absolute Gasteiger partial charge is 0.489 e. The third-order valence-electron chi connectivity index (χ3n) is 1.93. The average molecular weight is 304 g/mol. The number of hydrogen-bond donors (Lipinski definition) is 1. The van der Waals surface area contributed by atoms with E-state index in [1.54, 1.807) is 12.3 Å². The van der Waals surface area contributed by atoms with Crippen molar-refractivity contribution in [3.8, 4) is 5.75 Å². The van der Waals surface area contributed by atoms with Crippen LogP contribution in [0.4, 0.5) is 0 Å². The molecule has 0 bridgehead atoms. The molecule has 1 saturated carbocycles. The van der Waals surface area contributed by atoms with Crippen molar-refractivity contribution in [1.82, 2.24) is 4.98 Å². The van der Waals surface area contributed by atoms with E-state index in [4.69, 9.17) is 10.5 Å². The molecule has 1 aromatic heterocycles. The summed E-state index contributed by atoms with van der Waals surface area (Å²) in [7, 11) is 0. The lowest BCUT2D eigenvalue weighted by Gasteiger charge is -2.08. The molecule has 0 spiro atoms. The summed E-state index contributed by atoms with van der Waals surface area (Å²) in [5.41, 5.74) is 5.64. The minimum absolute atomic E-state index is 0.256. The molecular formula is C9H9IN2O2. The second-order valence-electron chi connectivity index (χ2n) is 3.16. The number of halogens is 1. The van der Waals surface area contributed by atoms with E-state index in [1.165, 1.54) is 0 Å². The van der Waals surface area contributed by atoms with Crippen LogP contribution in [0.5, 0.6) is 5.75 Å². The second-order valence-corrected chi connectivity index (χ2v) is 4.18. The Morgan fingerprint density at radius 3 is 2.93 bits per heavy atom. The Bertz CT molecular complexity index is 377. The smallest absolute Gasteiger partial charge is 0.255 e. The van der Waals surface area contributed by atoms with E-state index in [0.717, 1.165) is 12.8 Å². The molecule has 0 aromatic carbocycles. The Morgan fingerprint density at radius 1 is 1.64 bits per heavy atom. The number of carbonyl (C=O) groups excluding carboxylic acids is 1. The normalized spacial score (nSPS) is 15.2. The van der Waals surface area contributed by atoms with Crippen LogP contribution in [0, 0.1) is 3.70 Å². The predicted octanol–water partition coefficient (Wildman–Crippen LogP) is 1.33. The first-order valence-electron chi connectivity index (χ1n) is 4.29. The molecule has 5 heteroatoms. The van der Waals surface area contributed by atoms with Gasteiger partial charge in [0.1, 0.15) is 15.0 Å². The van der Waals surface area contributed by atoms with Gasteiger partial charge in [0.25, 0.3) is 5.91 Å². The highest BCUT2D eigenvalue weighted by atomic mass is 127. The van der Waals surface area contributed by atoms with Gasteiger partial charge >= 0.3 is 0 Å². The van der Waals surface area contributed by atoms with Crippen molar-refractivity contribution in [1.29, 1.82) is 0 Å². The summed E-state index contributed by atoms with van der Waals surface area (Å²) in [6, 6.07) is 1.68. The standard InChI is InChI=1S/C9H9IN2O2/c10-8-7(9(11)13)6(3-4-12-8)14-5-1-2-5/h3-5H,1-2H2,(H2,11,13). The zero-order valence-electron chi connectivity index (χ0n) is 7.37. The quantitative estimate of drug-likeness (QED) is 0.677. The monoisotopic (exact) mass is 304 g/mol. The lowest BCUT2D eigenvalue weighted by atomic mass is 10.2. The van der Waals surface area contributed by atoms with E-state index >= 15 is 0 Å². The van der Waals surface area contributed by atoms with Gasteiger partial charge in [0.2, 0.25) is 0 Å². The second kappa shape index (κ2) is 3.72. The maximum absolute atomic E-state index is 11.1. The highest BCUT2D eigenvalue weighted by molar-refractivity contribution is 14.1. The van der Waals surface area contributed by atoms with Gasteiger partial charge in [-0.25, -0.2) is 4.98 Å². The summed E-state index contributed by atoms with van der Waals surface area (Å²) in [5, 5.41) is 0. The fourth-order valence-electron chi connectivity index (χ4n) is 1.11. The van der Waals surface area contributed by atoms with Gasteiger partial charge in [0.15, 0.2) is 0 Å². The zero-order valence-corrected chi connectivity index (χ0v) is 9.52. The number of nitrogens with two attached hydrogens (primary N) is 1. The Kier molecular flexibility index (Phi) is 2.58. The number of hydrogen-bond acceptors (Lipinski definition) is 3. The molecule has 1 aromatic rings. The van der Waals surface area contributed by atoms with Crippen LogP contribution in [-0.2, 0) is 0 Å². The summed E-state index contributed by atoms with van der Waals surface area (Å²) in [5.74, 6) is 0.0672. The summed E-state index contributed by atoms with van der Waals surface area (Å²) in [6.45, 7) is 0. The van der Waals surface area contributed by atoms with E-state index in [-0.39, 0.29) is 6.10 Å². The summed E-state index contributed by atoms with van der Waals surface area (Å²) in [6.07, 6.45) is 3.98. The maximum atomic E-state index is 11.1. The molecule has 1 aliphatic carbocycles. The van der Waals surface area contributed by atoms with Gasteiger partial charge < -0.3 is 10.5 Å². The molecule has 1 aliphatic rings. The van der Waals surface area contributed by atoms with Crippen LogP contribution in [-0.4, -0.2) is 17.0 Å². The first kappa shape index (κ1) is 9.70. The number of pyridine rings is 1. The molecule has 1 heterocycles. The van der Waals surface area contributed by atoms with Crippen molar-refractivity contribution >= 4 is 28.5 Å². The summed E-state index contributed by atoms with van der Waals surface area (Å²) < 4.78 is 6.14. The van der Waals surface area contributed by atoms with Crippen LogP contribution < -0.4 is 10.5 Å². The van der Waals surface area contributed by atoms with E-state index in [2.05, 4.69) is 4.98 Å². The molecule has 2 rings (SSSR count). The van der Waals surface area contributed by atoms with Gasteiger partial charge in [-0.1, -0.05) is 0 Å². The van der Waals surface area contributed by atoms with Crippen molar-refractivity contribution in [2.45, 2.75) is 18.9 Å². The van der Waals surface area contributed by atoms with Crippen LogP contribution in [0.1, 0.15) is 23.2 Å². The van der Waals surface area contributed by atoms with Gasteiger partial charge in [-0.3, -0.25) is 4.79 Å². The molecule has 4 nitrogen and oxygen atoms in total. The van der Waals surface area contributed by atoms with E-state index in [1.807, 2.05) is 22.6 Å². The molecular weight excluding hydrogens is 295 g/mol. The van der Waals surface area contributed by atoms with E-state index in [9.17, 15) is 4.79 Å². The number of primary amides is 1. The maximum Gasteiger partial charge on any atom is 0.255 e. The molecule has 1 fully saturated rings. The molecule has 0 atom stereocenters.